The summed E-state index contributed by atoms with van der Waals surface area (Å²) in [5.74, 6) is -0.109. The van der Waals surface area contributed by atoms with Crippen molar-refractivity contribution >= 4 is 28.4 Å². The number of aromatic nitrogens is 1. The average molecular weight is 401 g/mol. The van der Waals surface area contributed by atoms with Crippen molar-refractivity contribution in [2.24, 2.45) is 0 Å². The maximum atomic E-state index is 13.3. The molecule has 0 aliphatic heterocycles. The van der Waals surface area contributed by atoms with Crippen LogP contribution in [0, 0.1) is 0 Å². The van der Waals surface area contributed by atoms with Crippen molar-refractivity contribution in [3.8, 4) is 11.3 Å². The predicted molar refractivity (Wildman–Crippen MR) is 119 cm³/mol. The molecule has 29 heavy (non-hydrogen) atoms. The minimum Gasteiger partial charge on any atom is -0.345 e. The first kappa shape index (κ1) is 19.2. The van der Waals surface area contributed by atoms with Crippen molar-refractivity contribution < 1.29 is 4.79 Å². The zero-order chi connectivity index (χ0) is 20.2. The quantitative estimate of drug-likeness (QED) is 0.419. The summed E-state index contributed by atoms with van der Waals surface area (Å²) in [6.45, 7) is 2.06. The molecule has 0 radical (unpaired) electrons. The van der Waals surface area contributed by atoms with E-state index in [1.54, 1.807) is 0 Å². The minimum absolute atomic E-state index is 0.0909. The van der Waals surface area contributed by atoms with Crippen LogP contribution in [0.1, 0.15) is 35.3 Å². The molecule has 1 amide bonds. The number of hydrogen-bond acceptors (Lipinski definition) is 2. The Balaban J connectivity index is 1.73. The fraction of sp³-hybridized carbons (Fsp3) is 0.120. The first-order chi connectivity index (χ1) is 14.2. The Morgan fingerprint density at radius 2 is 1.66 bits per heavy atom. The molecule has 4 aromatic rings. The lowest BCUT2D eigenvalue weighted by atomic mass is 10.0. The van der Waals surface area contributed by atoms with Crippen LogP contribution in [-0.2, 0) is 0 Å². The fourth-order valence-corrected chi connectivity index (χ4v) is 3.60. The highest BCUT2D eigenvalue weighted by molar-refractivity contribution is 6.30. The fourth-order valence-electron chi connectivity index (χ4n) is 3.47. The molecular weight excluding hydrogens is 380 g/mol. The third-order valence-electron chi connectivity index (χ3n) is 5.02. The van der Waals surface area contributed by atoms with E-state index in [1.807, 2.05) is 84.9 Å². The van der Waals surface area contributed by atoms with Crippen molar-refractivity contribution in [2.75, 3.05) is 0 Å². The van der Waals surface area contributed by atoms with Gasteiger partial charge in [-0.15, -0.1) is 0 Å². The molecular formula is C25H21ClN2O. The number of rotatable bonds is 5. The van der Waals surface area contributed by atoms with E-state index in [2.05, 4.69) is 12.2 Å². The van der Waals surface area contributed by atoms with E-state index >= 15 is 0 Å². The van der Waals surface area contributed by atoms with Gasteiger partial charge in [0.05, 0.1) is 22.8 Å². The van der Waals surface area contributed by atoms with Crippen LogP contribution in [0.4, 0.5) is 0 Å². The Kier molecular flexibility index (Phi) is 5.59. The van der Waals surface area contributed by atoms with Crippen molar-refractivity contribution in [1.29, 1.82) is 0 Å². The van der Waals surface area contributed by atoms with Crippen LogP contribution in [-0.4, -0.2) is 10.9 Å². The molecule has 1 aromatic heterocycles. The van der Waals surface area contributed by atoms with Gasteiger partial charge in [-0.3, -0.25) is 4.79 Å². The lowest BCUT2D eigenvalue weighted by molar-refractivity contribution is 0.0937. The van der Waals surface area contributed by atoms with E-state index in [1.165, 1.54) is 0 Å². The van der Waals surface area contributed by atoms with Gasteiger partial charge in [-0.2, -0.15) is 0 Å². The van der Waals surface area contributed by atoms with Crippen molar-refractivity contribution in [1.82, 2.24) is 10.3 Å². The Labute approximate surface area is 175 Å². The molecule has 0 unspecified atom stereocenters. The number of fused-ring (bicyclic) bond motifs is 1. The summed E-state index contributed by atoms with van der Waals surface area (Å²) < 4.78 is 0. The molecule has 3 nitrogen and oxygen atoms in total. The lowest BCUT2D eigenvalue weighted by Gasteiger charge is -2.19. The summed E-state index contributed by atoms with van der Waals surface area (Å²) in [6.07, 6.45) is 0.780. The molecule has 0 aliphatic rings. The van der Waals surface area contributed by atoms with Crippen molar-refractivity contribution in [3.05, 3.63) is 101 Å². The molecule has 1 atom stereocenters. The first-order valence-corrected chi connectivity index (χ1v) is 10.0. The van der Waals surface area contributed by atoms with E-state index < -0.39 is 0 Å². The molecule has 1 N–H and O–H groups in total. The smallest absolute Gasteiger partial charge is 0.252 e. The van der Waals surface area contributed by atoms with Crippen molar-refractivity contribution in [3.63, 3.8) is 0 Å². The molecule has 0 spiro atoms. The molecule has 4 heteroatoms. The minimum atomic E-state index is -0.109. The Bertz CT molecular complexity index is 1140. The molecule has 144 valence electrons. The number of nitrogens with zero attached hydrogens (tertiary/aromatic N) is 1. The van der Waals surface area contributed by atoms with E-state index in [9.17, 15) is 4.79 Å². The van der Waals surface area contributed by atoms with Gasteiger partial charge in [0.15, 0.2) is 0 Å². The summed E-state index contributed by atoms with van der Waals surface area (Å²) in [5, 5.41) is 4.71. The van der Waals surface area contributed by atoms with Gasteiger partial charge in [-0.25, -0.2) is 4.98 Å². The van der Waals surface area contributed by atoms with Crippen LogP contribution in [0.3, 0.4) is 0 Å². The van der Waals surface area contributed by atoms with Crippen LogP contribution in [0.2, 0.25) is 5.02 Å². The van der Waals surface area contributed by atoms with E-state index in [-0.39, 0.29) is 11.9 Å². The number of carbonyl (C=O) groups excluding carboxylic acids is 1. The molecule has 0 fully saturated rings. The van der Waals surface area contributed by atoms with Crippen LogP contribution in [0.25, 0.3) is 22.2 Å². The highest BCUT2D eigenvalue weighted by Crippen LogP contribution is 2.26. The van der Waals surface area contributed by atoms with Crippen LogP contribution < -0.4 is 5.32 Å². The molecule has 3 aromatic carbocycles. The molecule has 0 bridgehead atoms. The van der Waals surface area contributed by atoms with Crippen LogP contribution in [0.5, 0.6) is 0 Å². The number of benzene rings is 3. The number of para-hydroxylation sites is 1. The third kappa shape index (κ3) is 4.15. The van der Waals surface area contributed by atoms with Gasteiger partial charge in [0.1, 0.15) is 0 Å². The molecule has 4 rings (SSSR count). The van der Waals surface area contributed by atoms with Crippen LogP contribution >= 0.6 is 11.6 Å². The largest absolute Gasteiger partial charge is 0.345 e. The molecule has 0 aliphatic carbocycles. The standard InChI is InChI=1S/C25H21ClN2O/c1-2-22(18-12-14-19(26)15-13-18)28-25(29)21-16-24(17-8-4-3-5-9-17)27-23-11-7-6-10-20(21)23/h3-16,22H,2H2,1H3,(H,28,29)/t22-/m1/s1. The maximum absolute atomic E-state index is 13.3. The second-order valence-corrected chi connectivity index (χ2v) is 7.36. The molecule has 0 saturated heterocycles. The molecule has 1 heterocycles. The lowest BCUT2D eigenvalue weighted by Crippen LogP contribution is -2.28. The van der Waals surface area contributed by atoms with Gasteiger partial charge in [0, 0.05) is 16.0 Å². The van der Waals surface area contributed by atoms with E-state index in [4.69, 9.17) is 16.6 Å². The van der Waals surface area contributed by atoms with Gasteiger partial charge in [-0.1, -0.05) is 79.2 Å². The zero-order valence-electron chi connectivity index (χ0n) is 16.1. The monoisotopic (exact) mass is 400 g/mol. The van der Waals surface area contributed by atoms with Gasteiger partial charge in [-0.05, 0) is 36.2 Å². The van der Waals surface area contributed by atoms with Gasteiger partial charge < -0.3 is 5.32 Å². The number of carbonyl (C=O) groups is 1. The number of pyridine rings is 1. The van der Waals surface area contributed by atoms with E-state index in [0.29, 0.717) is 10.6 Å². The normalized spacial score (nSPS) is 11.9. The zero-order valence-corrected chi connectivity index (χ0v) is 16.9. The molecule has 0 saturated carbocycles. The number of halogens is 1. The SMILES string of the molecule is CC[C@@H](NC(=O)c1cc(-c2ccccc2)nc2ccccc12)c1ccc(Cl)cc1. The summed E-state index contributed by atoms with van der Waals surface area (Å²) in [7, 11) is 0. The average Bonchev–Trinajstić information content (AvgIpc) is 2.78. The van der Waals surface area contributed by atoms with Gasteiger partial charge in [0.25, 0.3) is 5.91 Å². The van der Waals surface area contributed by atoms with Crippen LogP contribution in [0.15, 0.2) is 84.9 Å². The second-order valence-electron chi connectivity index (χ2n) is 6.92. The Morgan fingerprint density at radius 3 is 2.38 bits per heavy atom. The van der Waals surface area contributed by atoms with E-state index in [0.717, 1.165) is 34.1 Å². The summed E-state index contributed by atoms with van der Waals surface area (Å²) in [6, 6.07) is 27.1. The maximum Gasteiger partial charge on any atom is 0.252 e. The first-order valence-electron chi connectivity index (χ1n) is 9.67. The van der Waals surface area contributed by atoms with Crippen molar-refractivity contribution in [2.45, 2.75) is 19.4 Å². The Morgan fingerprint density at radius 1 is 0.966 bits per heavy atom. The topological polar surface area (TPSA) is 42.0 Å². The highest BCUT2D eigenvalue weighted by atomic mass is 35.5. The number of nitrogens with one attached hydrogen (secondary N) is 1. The third-order valence-corrected chi connectivity index (χ3v) is 5.27. The Hall–Kier alpha value is -3.17. The predicted octanol–water partition coefficient (Wildman–Crippen LogP) is 6.44. The van der Waals surface area contributed by atoms with Gasteiger partial charge >= 0.3 is 0 Å². The second kappa shape index (κ2) is 8.46. The number of amides is 1. The number of hydrogen-bond donors (Lipinski definition) is 1. The van der Waals surface area contributed by atoms with Gasteiger partial charge in [0.2, 0.25) is 0 Å². The summed E-state index contributed by atoms with van der Waals surface area (Å²) >= 11 is 6.01. The summed E-state index contributed by atoms with van der Waals surface area (Å²) in [5.41, 5.74) is 4.23. The highest BCUT2D eigenvalue weighted by Gasteiger charge is 2.18. The summed E-state index contributed by atoms with van der Waals surface area (Å²) in [4.78, 5) is 18.0.